The topological polar surface area (TPSA) is 20.7 Å². The minimum Gasteiger partial charge on any atom is -0.331 e. The minimum absolute atomic E-state index is 0.777. The molecule has 0 bridgehead atoms. The highest BCUT2D eigenvalue weighted by Gasteiger charge is 2.04. The summed E-state index contributed by atoms with van der Waals surface area (Å²) in [5, 5.41) is 0. The Morgan fingerprint density at radius 3 is 2.83 bits per heavy atom. The zero-order valence-electron chi connectivity index (χ0n) is 9.52. The zero-order chi connectivity index (χ0) is 12.5. The average molecular weight is 295 g/mol. The van der Waals surface area contributed by atoms with Gasteiger partial charge in [0.15, 0.2) is 4.77 Å². The molecule has 0 saturated heterocycles. The Bertz CT molecular complexity index is 739. The molecule has 2 heterocycles. The first kappa shape index (κ1) is 12.0. The smallest absolute Gasteiger partial charge is 0.178 e. The van der Waals surface area contributed by atoms with E-state index in [-0.39, 0.29) is 0 Å². The van der Waals surface area contributed by atoms with E-state index in [0.717, 1.165) is 33.1 Å². The summed E-state index contributed by atoms with van der Waals surface area (Å²) in [4.78, 5) is 4.51. The van der Waals surface area contributed by atoms with Gasteiger partial charge in [-0.1, -0.05) is 23.7 Å². The molecule has 3 rings (SSSR count). The molecular formula is C13H11ClN2S2. The molecule has 0 unspecified atom stereocenters. The van der Waals surface area contributed by atoms with E-state index in [1.54, 1.807) is 11.3 Å². The lowest BCUT2D eigenvalue weighted by Gasteiger charge is -2.02. The number of H-pyrrole nitrogens is 1. The number of rotatable bonds is 3. The number of thiophene rings is 1. The third kappa shape index (κ3) is 2.23. The van der Waals surface area contributed by atoms with Crippen LogP contribution in [0, 0.1) is 4.77 Å². The second kappa shape index (κ2) is 4.88. The van der Waals surface area contributed by atoms with Crippen LogP contribution in [-0.4, -0.2) is 9.55 Å². The first-order chi connectivity index (χ1) is 8.74. The first-order valence-corrected chi connectivity index (χ1v) is 7.26. The molecule has 0 aliphatic rings. The maximum absolute atomic E-state index is 5.93. The van der Waals surface area contributed by atoms with Crippen LogP contribution >= 0.6 is 35.2 Å². The number of aryl methyl sites for hydroxylation is 2. The fourth-order valence-corrected chi connectivity index (χ4v) is 3.41. The Morgan fingerprint density at radius 2 is 2.06 bits per heavy atom. The molecule has 0 fully saturated rings. The molecule has 18 heavy (non-hydrogen) atoms. The summed E-state index contributed by atoms with van der Waals surface area (Å²) in [5.41, 5.74) is 2.25. The molecule has 92 valence electrons. The van der Waals surface area contributed by atoms with E-state index in [1.165, 1.54) is 4.88 Å². The second-order valence-electron chi connectivity index (χ2n) is 4.05. The first-order valence-electron chi connectivity index (χ1n) is 5.66. The van der Waals surface area contributed by atoms with Gasteiger partial charge < -0.3 is 9.55 Å². The Hall–Kier alpha value is -1.10. The number of benzene rings is 1. The highest BCUT2D eigenvalue weighted by molar-refractivity contribution is 7.71. The normalized spacial score (nSPS) is 11.2. The van der Waals surface area contributed by atoms with Crippen molar-refractivity contribution < 1.29 is 0 Å². The number of halogens is 1. The molecule has 2 nitrogen and oxygen atoms in total. The number of aromatic amines is 1. The van der Waals surface area contributed by atoms with Crippen LogP contribution in [0.15, 0.2) is 36.4 Å². The van der Waals surface area contributed by atoms with Crippen molar-refractivity contribution in [3.63, 3.8) is 0 Å². The van der Waals surface area contributed by atoms with E-state index in [9.17, 15) is 0 Å². The largest absolute Gasteiger partial charge is 0.331 e. The summed E-state index contributed by atoms with van der Waals surface area (Å²) in [5.74, 6) is 0. The molecule has 0 saturated carbocycles. The van der Waals surface area contributed by atoms with Gasteiger partial charge in [0.1, 0.15) is 0 Å². The Balaban J connectivity index is 1.90. The van der Waals surface area contributed by atoms with Gasteiger partial charge in [0.05, 0.1) is 15.4 Å². The summed E-state index contributed by atoms with van der Waals surface area (Å²) in [6.45, 7) is 0.875. The summed E-state index contributed by atoms with van der Waals surface area (Å²) < 4.78 is 3.75. The number of hydrogen-bond donors (Lipinski definition) is 1. The van der Waals surface area contributed by atoms with Gasteiger partial charge in [-0.15, -0.1) is 11.3 Å². The van der Waals surface area contributed by atoms with E-state index in [2.05, 4.69) is 21.7 Å². The number of para-hydroxylation sites is 2. The predicted molar refractivity (Wildman–Crippen MR) is 80.2 cm³/mol. The number of fused-ring (bicyclic) bond motifs is 1. The van der Waals surface area contributed by atoms with E-state index in [1.807, 2.05) is 24.3 Å². The van der Waals surface area contributed by atoms with Gasteiger partial charge in [-0.25, -0.2) is 0 Å². The Morgan fingerprint density at radius 1 is 1.22 bits per heavy atom. The van der Waals surface area contributed by atoms with Crippen molar-refractivity contribution in [2.75, 3.05) is 0 Å². The molecule has 0 aliphatic carbocycles. The molecule has 1 aromatic carbocycles. The van der Waals surface area contributed by atoms with E-state index < -0.39 is 0 Å². The summed E-state index contributed by atoms with van der Waals surface area (Å²) in [6.07, 6.45) is 0.952. The number of nitrogens with one attached hydrogen (secondary N) is 1. The van der Waals surface area contributed by atoms with Crippen LogP contribution in [-0.2, 0) is 13.0 Å². The van der Waals surface area contributed by atoms with Gasteiger partial charge in [0.2, 0.25) is 0 Å². The van der Waals surface area contributed by atoms with Crippen LogP contribution < -0.4 is 0 Å². The number of aromatic nitrogens is 2. The van der Waals surface area contributed by atoms with E-state index >= 15 is 0 Å². The Kier molecular flexibility index (Phi) is 3.24. The maximum atomic E-state index is 5.93. The molecule has 3 aromatic rings. The summed E-state index contributed by atoms with van der Waals surface area (Å²) in [7, 11) is 0. The molecule has 1 N–H and O–H groups in total. The second-order valence-corrected chi connectivity index (χ2v) is 6.24. The standard InChI is InChI=1S/C13H11ClN2S2/c14-12-6-5-9(18-12)7-8-16-11-4-2-1-3-10(11)15-13(16)17/h1-6H,7-8H2,(H,15,17). The van der Waals surface area contributed by atoms with E-state index in [0.29, 0.717) is 0 Å². The van der Waals surface area contributed by atoms with Crippen LogP contribution in [0.2, 0.25) is 4.34 Å². The zero-order valence-corrected chi connectivity index (χ0v) is 11.9. The predicted octanol–water partition coefficient (Wildman–Crippen LogP) is 4.66. The van der Waals surface area contributed by atoms with Crippen LogP contribution in [0.4, 0.5) is 0 Å². The van der Waals surface area contributed by atoms with Gasteiger partial charge in [0.25, 0.3) is 0 Å². The van der Waals surface area contributed by atoms with Crippen LogP contribution in [0.3, 0.4) is 0 Å². The van der Waals surface area contributed by atoms with Crippen molar-refractivity contribution in [3.8, 4) is 0 Å². The SMILES string of the molecule is S=c1[nH]c2ccccc2n1CCc1ccc(Cl)s1. The van der Waals surface area contributed by atoms with Crippen molar-refractivity contribution >= 4 is 46.2 Å². The minimum atomic E-state index is 0.777. The lowest BCUT2D eigenvalue weighted by molar-refractivity contribution is 0.712. The molecule has 5 heteroatoms. The molecule has 0 atom stereocenters. The van der Waals surface area contributed by atoms with Crippen molar-refractivity contribution in [2.24, 2.45) is 0 Å². The molecule has 0 radical (unpaired) electrons. The maximum Gasteiger partial charge on any atom is 0.178 e. The molecule has 0 aliphatic heterocycles. The van der Waals surface area contributed by atoms with Crippen LogP contribution in [0.5, 0.6) is 0 Å². The number of hydrogen-bond acceptors (Lipinski definition) is 2. The third-order valence-electron chi connectivity index (χ3n) is 2.89. The van der Waals surface area contributed by atoms with Gasteiger partial charge in [-0.2, -0.15) is 0 Å². The lowest BCUT2D eigenvalue weighted by atomic mass is 10.3. The van der Waals surface area contributed by atoms with Crippen molar-refractivity contribution in [1.29, 1.82) is 0 Å². The van der Waals surface area contributed by atoms with Crippen molar-refractivity contribution in [2.45, 2.75) is 13.0 Å². The van der Waals surface area contributed by atoms with Crippen molar-refractivity contribution in [1.82, 2.24) is 9.55 Å². The van der Waals surface area contributed by atoms with Crippen LogP contribution in [0.25, 0.3) is 11.0 Å². The monoisotopic (exact) mass is 294 g/mol. The lowest BCUT2D eigenvalue weighted by Crippen LogP contribution is -2.00. The summed E-state index contributed by atoms with van der Waals surface area (Å²) >= 11 is 12.9. The van der Waals surface area contributed by atoms with E-state index in [4.69, 9.17) is 23.8 Å². The molecule has 0 spiro atoms. The fraction of sp³-hybridized carbons (Fsp3) is 0.154. The highest BCUT2D eigenvalue weighted by atomic mass is 35.5. The number of nitrogens with zero attached hydrogens (tertiary/aromatic N) is 1. The van der Waals surface area contributed by atoms with Gasteiger partial charge >= 0.3 is 0 Å². The van der Waals surface area contributed by atoms with Gasteiger partial charge in [-0.05, 0) is 42.9 Å². The number of imidazole rings is 1. The van der Waals surface area contributed by atoms with Gasteiger partial charge in [-0.3, -0.25) is 0 Å². The third-order valence-corrected chi connectivity index (χ3v) is 4.51. The average Bonchev–Trinajstić information content (AvgIpc) is 2.90. The van der Waals surface area contributed by atoms with Crippen molar-refractivity contribution in [3.05, 3.63) is 50.4 Å². The molecular weight excluding hydrogens is 284 g/mol. The van der Waals surface area contributed by atoms with Gasteiger partial charge in [0, 0.05) is 11.4 Å². The molecule has 0 amide bonds. The molecule has 2 aromatic heterocycles. The Labute approximate surface area is 119 Å². The highest BCUT2D eigenvalue weighted by Crippen LogP contribution is 2.23. The fourth-order valence-electron chi connectivity index (χ4n) is 2.04. The quantitative estimate of drug-likeness (QED) is 0.697. The summed E-state index contributed by atoms with van der Waals surface area (Å²) in [6, 6.07) is 12.2. The van der Waals surface area contributed by atoms with Crippen LogP contribution in [0.1, 0.15) is 4.88 Å².